The van der Waals surface area contributed by atoms with E-state index in [1.54, 1.807) is 55.4 Å². The van der Waals surface area contributed by atoms with E-state index >= 15 is 0 Å². The van der Waals surface area contributed by atoms with Crippen molar-refractivity contribution in [3.05, 3.63) is 118 Å². The number of nitrogens with two attached hydrogens (primary N) is 1. The highest BCUT2D eigenvalue weighted by molar-refractivity contribution is 6.31. The van der Waals surface area contributed by atoms with E-state index in [0.29, 0.717) is 45.7 Å². The molecule has 212 valence electrons. The van der Waals surface area contributed by atoms with Crippen molar-refractivity contribution in [1.82, 2.24) is 4.90 Å². The van der Waals surface area contributed by atoms with Crippen LogP contribution in [0.2, 0.25) is 5.02 Å². The summed E-state index contributed by atoms with van der Waals surface area (Å²) in [5.41, 5.74) is 8.24. The fourth-order valence-corrected chi connectivity index (χ4v) is 4.43. The van der Waals surface area contributed by atoms with E-state index in [0.717, 1.165) is 5.56 Å². The Labute approximate surface area is 244 Å². The molecule has 0 aliphatic heterocycles. The van der Waals surface area contributed by atoms with E-state index in [1.165, 1.54) is 25.3 Å². The molecule has 0 bridgehead atoms. The Morgan fingerprint density at radius 1 is 1.02 bits per heavy atom. The summed E-state index contributed by atoms with van der Waals surface area (Å²) >= 11 is 6.27. The summed E-state index contributed by atoms with van der Waals surface area (Å²) in [5, 5.41) is 3.28. The zero-order chi connectivity index (χ0) is 29.9. The molecule has 0 aromatic heterocycles. The zero-order valence-electron chi connectivity index (χ0n) is 23.1. The maximum absolute atomic E-state index is 13.6. The molecule has 8 nitrogen and oxygen atoms in total. The summed E-state index contributed by atoms with van der Waals surface area (Å²) in [4.78, 5) is 51.1. The van der Waals surface area contributed by atoms with Gasteiger partial charge in [0.15, 0.2) is 5.78 Å². The number of methoxy groups -OCH3 is 1. The smallest absolute Gasteiger partial charge is 0.248 e. The molecule has 3 N–H and O–H groups in total. The number of halogens is 1. The number of carbonyl (C=O) groups excluding carboxylic acids is 4. The number of hydrogen-bond donors (Lipinski definition) is 2. The first-order valence-corrected chi connectivity index (χ1v) is 13.3. The van der Waals surface area contributed by atoms with E-state index in [-0.39, 0.29) is 23.9 Å². The molecule has 3 aromatic rings. The average molecular weight is 574 g/mol. The number of likely N-dealkylation sites (N-methyl/N-ethyl adjacent to an activating group) is 1. The number of amides is 2. The Hall–Kier alpha value is -4.69. The number of primary amides is 1. The van der Waals surface area contributed by atoms with Crippen LogP contribution >= 0.6 is 11.6 Å². The number of carbonyl (C=O) groups is 4. The van der Waals surface area contributed by atoms with Gasteiger partial charge in [-0.3, -0.25) is 19.2 Å². The SMILES string of the molecule is CCC(=O)c1ccc(Cl)cc1C(=C/C=O)/C(=C\N(C)C(Cc1ccccc1)C(=O)Nc1ccc(C(N)=O)cc1)OC. The van der Waals surface area contributed by atoms with Crippen LogP contribution in [0.15, 0.2) is 90.8 Å². The minimum atomic E-state index is -0.716. The van der Waals surface area contributed by atoms with Crippen LogP contribution in [0.3, 0.4) is 0 Å². The average Bonchev–Trinajstić information content (AvgIpc) is 2.97. The topological polar surface area (TPSA) is 119 Å². The molecule has 0 aliphatic rings. The predicted molar refractivity (Wildman–Crippen MR) is 160 cm³/mol. The molecule has 2 amide bonds. The van der Waals surface area contributed by atoms with Crippen molar-refractivity contribution in [2.24, 2.45) is 5.73 Å². The van der Waals surface area contributed by atoms with Gasteiger partial charge < -0.3 is 20.7 Å². The molecule has 41 heavy (non-hydrogen) atoms. The van der Waals surface area contributed by atoms with Crippen LogP contribution < -0.4 is 11.1 Å². The molecule has 0 radical (unpaired) electrons. The summed E-state index contributed by atoms with van der Waals surface area (Å²) in [6.07, 6.45) is 4.12. The third-order valence-corrected chi connectivity index (χ3v) is 6.67. The second-order valence-corrected chi connectivity index (χ2v) is 9.62. The Bertz CT molecular complexity index is 1470. The number of ether oxygens (including phenoxy) is 1. The van der Waals surface area contributed by atoms with Crippen molar-refractivity contribution in [3.8, 4) is 0 Å². The van der Waals surface area contributed by atoms with Gasteiger partial charge in [0.25, 0.3) is 0 Å². The molecule has 0 saturated heterocycles. The third-order valence-electron chi connectivity index (χ3n) is 6.44. The van der Waals surface area contributed by atoms with Crippen molar-refractivity contribution in [2.45, 2.75) is 25.8 Å². The Kier molecular flexibility index (Phi) is 11.0. The van der Waals surface area contributed by atoms with Gasteiger partial charge in [-0.25, -0.2) is 0 Å². The fourth-order valence-electron chi connectivity index (χ4n) is 4.26. The Morgan fingerprint density at radius 3 is 2.29 bits per heavy atom. The van der Waals surface area contributed by atoms with Gasteiger partial charge in [0, 0.05) is 53.5 Å². The van der Waals surface area contributed by atoms with Crippen molar-refractivity contribution in [2.75, 3.05) is 19.5 Å². The second-order valence-electron chi connectivity index (χ2n) is 9.18. The monoisotopic (exact) mass is 573 g/mol. The molecule has 9 heteroatoms. The van der Waals surface area contributed by atoms with Crippen LogP contribution in [0.1, 0.15) is 45.2 Å². The number of rotatable bonds is 13. The third kappa shape index (κ3) is 8.16. The van der Waals surface area contributed by atoms with E-state index in [2.05, 4.69) is 5.32 Å². The van der Waals surface area contributed by atoms with Gasteiger partial charge in [-0.1, -0.05) is 48.9 Å². The van der Waals surface area contributed by atoms with E-state index in [9.17, 15) is 19.2 Å². The Balaban J connectivity index is 2.02. The maximum atomic E-state index is 13.6. The van der Waals surface area contributed by atoms with Gasteiger partial charge in [0.05, 0.1) is 7.11 Å². The molecule has 1 unspecified atom stereocenters. The molecule has 0 saturated carbocycles. The van der Waals surface area contributed by atoms with Gasteiger partial charge in [0.2, 0.25) is 11.8 Å². The van der Waals surface area contributed by atoms with Crippen molar-refractivity contribution in [3.63, 3.8) is 0 Å². The first kappa shape index (κ1) is 30.8. The van der Waals surface area contributed by atoms with Crippen LogP contribution in [0.5, 0.6) is 0 Å². The molecule has 1 atom stereocenters. The van der Waals surface area contributed by atoms with Crippen molar-refractivity contribution >= 4 is 46.7 Å². The number of anilines is 1. The number of ketones is 1. The predicted octanol–water partition coefficient (Wildman–Crippen LogP) is 5.28. The molecule has 3 aromatic carbocycles. The summed E-state index contributed by atoms with van der Waals surface area (Å²) < 4.78 is 5.69. The maximum Gasteiger partial charge on any atom is 0.248 e. The molecular weight excluding hydrogens is 542 g/mol. The molecular formula is C32H32ClN3O5. The lowest BCUT2D eigenvalue weighted by molar-refractivity contribution is -0.120. The summed E-state index contributed by atoms with van der Waals surface area (Å²) in [5.74, 6) is -0.755. The zero-order valence-corrected chi connectivity index (χ0v) is 23.9. The first-order valence-electron chi connectivity index (χ1n) is 12.9. The molecule has 3 rings (SSSR count). The van der Waals surface area contributed by atoms with E-state index < -0.39 is 11.9 Å². The number of nitrogens with one attached hydrogen (secondary N) is 1. The van der Waals surface area contributed by atoms with Gasteiger partial charge >= 0.3 is 0 Å². The largest absolute Gasteiger partial charge is 0.495 e. The molecule has 0 spiro atoms. The van der Waals surface area contributed by atoms with Gasteiger partial charge in [-0.05, 0) is 59.7 Å². The second kappa shape index (κ2) is 14.6. The van der Waals surface area contributed by atoms with Gasteiger partial charge in [0.1, 0.15) is 18.1 Å². The molecule has 0 heterocycles. The van der Waals surface area contributed by atoms with Gasteiger partial charge in [-0.2, -0.15) is 0 Å². The lowest BCUT2D eigenvalue weighted by Gasteiger charge is -2.27. The number of aldehydes is 1. The molecule has 0 fully saturated rings. The highest BCUT2D eigenvalue weighted by atomic mass is 35.5. The van der Waals surface area contributed by atoms with E-state index in [1.807, 2.05) is 30.3 Å². The van der Waals surface area contributed by atoms with Crippen LogP contribution in [0, 0.1) is 0 Å². The fraction of sp³-hybridized carbons (Fsp3) is 0.188. The minimum absolute atomic E-state index is 0.124. The lowest BCUT2D eigenvalue weighted by atomic mass is 9.94. The van der Waals surface area contributed by atoms with Crippen molar-refractivity contribution in [1.29, 1.82) is 0 Å². The minimum Gasteiger partial charge on any atom is -0.495 e. The first-order chi connectivity index (χ1) is 19.7. The van der Waals surface area contributed by atoms with Crippen LogP contribution in [0.4, 0.5) is 5.69 Å². The summed E-state index contributed by atoms with van der Waals surface area (Å²) in [7, 11) is 3.16. The van der Waals surface area contributed by atoms with Crippen molar-refractivity contribution < 1.29 is 23.9 Å². The standard InChI is InChI=1S/C32H32ClN3O5/c1-4-29(38)25-15-12-23(33)19-27(25)26(16-17-37)30(41-3)20-36(2)28(18-21-8-6-5-7-9-21)32(40)35-24-13-10-22(11-14-24)31(34)39/h5-17,19-20,28H,4,18H2,1-3H3,(H2,34,39)(H,35,40)/b26-16-,30-20+. The number of benzene rings is 3. The number of hydrogen-bond acceptors (Lipinski definition) is 6. The van der Waals surface area contributed by atoms with E-state index in [4.69, 9.17) is 22.1 Å². The Morgan fingerprint density at radius 2 is 1.71 bits per heavy atom. The summed E-state index contributed by atoms with van der Waals surface area (Å²) in [6, 6.07) is 19.9. The van der Waals surface area contributed by atoms with Gasteiger partial charge in [-0.15, -0.1) is 0 Å². The number of allylic oxidation sites excluding steroid dienone is 2. The van der Waals surface area contributed by atoms with Crippen LogP contribution in [-0.2, 0) is 20.7 Å². The quantitative estimate of drug-likeness (QED) is 0.0943. The lowest BCUT2D eigenvalue weighted by Crippen LogP contribution is -2.41. The highest BCUT2D eigenvalue weighted by Gasteiger charge is 2.25. The number of nitrogens with zero attached hydrogens (tertiary/aromatic N) is 1. The number of Topliss-reactive ketones (excluding diaryl/α,β-unsaturated/α-hetero) is 1. The molecule has 0 aliphatic carbocycles. The van der Waals surface area contributed by atoms with Crippen LogP contribution in [-0.4, -0.2) is 49.0 Å². The van der Waals surface area contributed by atoms with Crippen LogP contribution in [0.25, 0.3) is 5.57 Å². The normalized spacial score (nSPS) is 12.3. The highest BCUT2D eigenvalue weighted by Crippen LogP contribution is 2.30. The summed E-state index contributed by atoms with van der Waals surface area (Å²) in [6.45, 7) is 1.75.